The van der Waals surface area contributed by atoms with Gasteiger partial charge in [-0.3, -0.25) is 0 Å². The van der Waals surface area contributed by atoms with Crippen LogP contribution in [0.3, 0.4) is 0 Å². The molecule has 0 aliphatic carbocycles. The van der Waals surface area contributed by atoms with Crippen molar-refractivity contribution in [3.8, 4) is 0 Å². The topological polar surface area (TPSA) is 24.1 Å². The van der Waals surface area contributed by atoms with Gasteiger partial charge >= 0.3 is 0 Å². The van der Waals surface area contributed by atoms with Crippen molar-refractivity contribution in [3.05, 3.63) is 35.9 Å². The van der Waals surface area contributed by atoms with E-state index in [1.54, 1.807) is 0 Å². The number of benzene rings is 1. The van der Waals surface area contributed by atoms with Gasteiger partial charge in [-0.1, -0.05) is 39.0 Å². The number of hydrogen-bond donors (Lipinski definition) is 2. The molecular formula is C14H22MnN3S4-. The standard InChI is InChI=1S/C10H16N.C4H8N2S4.Mn/c1-11(2,3)9-10-7-5-4-6-8-10;7-3(8)5-1-2-6-4(9)10;/h4-8H,9H2,1-3H3;1-2H2,(H2,5,7,8)(H2,6,9,10);/q+1;;/p-2. The quantitative estimate of drug-likeness (QED) is 0.250. The number of quaternary nitrogens is 1. The first-order valence-electron chi connectivity index (χ1n) is 6.45. The van der Waals surface area contributed by atoms with Crippen molar-refractivity contribution in [1.29, 1.82) is 0 Å². The van der Waals surface area contributed by atoms with Crippen LogP contribution in [0.5, 0.6) is 0 Å². The van der Waals surface area contributed by atoms with Gasteiger partial charge in [0.05, 0.1) is 21.1 Å². The van der Waals surface area contributed by atoms with Crippen LogP contribution >= 0.6 is 24.4 Å². The second-order valence-corrected chi connectivity index (χ2v) is 7.51. The fourth-order valence-electron chi connectivity index (χ4n) is 1.46. The Balaban J connectivity index is 0. The Kier molecular flexibility index (Phi) is 14.7. The molecule has 125 valence electrons. The molecule has 1 rings (SSSR count). The zero-order valence-corrected chi connectivity index (χ0v) is 17.4. The largest absolute Gasteiger partial charge is 0.412 e. The zero-order chi connectivity index (χ0) is 16.3. The van der Waals surface area contributed by atoms with Crippen LogP contribution in [0.4, 0.5) is 0 Å². The molecule has 0 aromatic heterocycles. The Morgan fingerprint density at radius 2 is 1.36 bits per heavy atom. The van der Waals surface area contributed by atoms with Crippen LogP contribution in [0.2, 0.25) is 0 Å². The molecule has 1 aromatic carbocycles. The van der Waals surface area contributed by atoms with Gasteiger partial charge in [-0.15, -0.1) is 0 Å². The van der Waals surface area contributed by atoms with Crippen LogP contribution in [0, 0.1) is 0 Å². The molecule has 3 nitrogen and oxygen atoms in total. The Bertz CT molecular complexity index is 419. The SMILES string of the molecule is C[N+](C)(C)Cc1ccccc1.S=C([S-])NCCNC(=S)[S-].[Mn]. The van der Waals surface area contributed by atoms with Crippen LogP contribution in [0.1, 0.15) is 5.56 Å². The van der Waals surface area contributed by atoms with Crippen molar-refractivity contribution in [1.82, 2.24) is 10.6 Å². The average Bonchev–Trinajstić information content (AvgIpc) is 2.34. The number of rotatable bonds is 5. The summed E-state index contributed by atoms with van der Waals surface area (Å²) < 4.78 is 1.73. The summed E-state index contributed by atoms with van der Waals surface area (Å²) in [4.78, 5) is 0. The monoisotopic (exact) mass is 415 g/mol. The molecule has 0 atom stereocenters. The van der Waals surface area contributed by atoms with Gasteiger partial charge in [0.2, 0.25) is 0 Å². The summed E-state index contributed by atoms with van der Waals surface area (Å²) in [6, 6.07) is 10.6. The second-order valence-electron chi connectivity index (χ2n) is 5.36. The van der Waals surface area contributed by atoms with E-state index < -0.39 is 0 Å². The summed E-state index contributed by atoms with van der Waals surface area (Å²) in [5, 5.41) is 5.56. The van der Waals surface area contributed by atoms with Gasteiger partial charge in [0.15, 0.2) is 0 Å². The molecule has 0 spiro atoms. The first-order valence-corrected chi connectivity index (χ1v) is 8.08. The van der Waals surface area contributed by atoms with E-state index in [0.29, 0.717) is 21.7 Å². The third kappa shape index (κ3) is 18.0. The molecule has 0 amide bonds. The minimum absolute atomic E-state index is 0. The molecule has 0 fully saturated rings. The number of hydrogen-bond acceptors (Lipinski definition) is 4. The van der Waals surface area contributed by atoms with Crippen LogP contribution in [-0.2, 0) is 48.9 Å². The first kappa shape index (κ1) is 24.2. The summed E-state index contributed by atoms with van der Waals surface area (Å²) in [5.74, 6) is 0. The van der Waals surface area contributed by atoms with Crippen LogP contribution < -0.4 is 10.6 Å². The Morgan fingerprint density at radius 3 is 1.68 bits per heavy atom. The summed E-state index contributed by atoms with van der Waals surface area (Å²) in [6.45, 7) is 2.43. The predicted molar refractivity (Wildman–Crippen MR) is 104 cm³/mol. The van der Waals surface area contributed by atoms with Crippen molar-refractivity contribution in [2.45, 2.75) is 6.54 Å². The van der Waals surface area contributed by atoms with Crippen molar-refractivity contribution < 1.29 is 21.6 Å². The summed E-state index contributed by atoms with van der Waals surface area (Å²) in [5.41, 5.74) is 1.40. The van der Waals surface area contributed by atoms with E-state index >= 15 is 0 Å². The molecule has 0 saturated heterocycles. The molecular weight excluding hydrogens is 393 g/mol. The normalized spacial score (nSPS) is 9.59. The Labute approximate surface area is 166 Å². The van der Waals surface area contributed by atoms with E-state index in [2.05, 4.69) is 112 Å². The van der Waals surface area contributed by atoms with E-state index in [1.807, 2.05) is 0 Å². The van der Waals surface area contributed by atoms with E-state index in [0.717, 1.165) is 11.0 Å². The molecule has 0 heterocycles. The fraction of sp³-hybridized carbons (Fsp3) is 0.429. The Morgan fingerprint density at radius 1 is 0.955 bits per heavy atom. The van der Waals surface area contributed by atoms with Crippen molar-refractivity contribution in [2.24, 2.45) is 0 Å². The second kappa shape index (κ2) is 13.4. The molecule has 8 heteroatoms. The molecule has 0 aliphatic rings. The summed E-state index contributed by atoms with van der Waals surface area (Å²) >= 11 is 18.4. The maximum absolute atomic E-state index is 4.59. The van der Waals surface area contributed by atoms with Gasteiger partial charge in [-0.25, -0.2) is 0 Å². The summed E-state index contributed by atoms with van der Waals surface area (Å²) in [6.07, 6.45) is 0. The molecule has 1 radical (unpaired) electrons. The molecule has 0 unspecified atom stereocenters. The van der Waals surface area contributed by atoms with Crippen molar-refractivity contribution >= 4 is 58.3 Å². The molecule has 1 aromatic rings. The third-order valence-electron chi connectivity index (χ3n) is 2.16. The van der Waals surface area contributed by atoms with Crippen LogP contribution in [0.25, 0.3) is 0 Å². The summed E-state index contributed by atoms with van der Waals surface area (Å²) in [7, 11) is 6.60. The van der Waals surface area contributed by atoms with Gasteiger partial charge in [0, 0.05) is 35.7 Å². The average molecular weight is 416 g/mol. The number of nitrogens with one attached hydrogen (secondary N) is 2. The van der Waals surface area contributed by atoms with Gasteiger partial charge in [0.1, 0.15) is 6.54 Å². The molecule has 0 aliphatic heterocycles. The van der Waals surface area contributed by atoms with Gasteiger partial charge in [0.25, 0.3) is 0 Å². The molecule has 0 bridgehead atoms. The molecule has 2 N–H and O–H groups in total. The van der Waals surface area contributed by atoms with E-state index in [-0.39, 0.29) is 17.1 Å². The van der Waals surface area contributed by atoms with E-state index in [4.69, 9.17) is 0 Å². The maximum Gasteiger partial charge on any atom is 0.104 e. The van der Waals surface area contributed by atoms with Gasteiger partial charge in [-0.05, 0) is 0 Å². The minimum Gasteiger partial charge on any atom is -0.412 e. The van der Waals surface area contributed by atoms with Crippen LogP contribution in [-0.4, -0.2) is 47.4 Å². The Hall–Kier alpha value is -0.0805. The molecule has 22 heavy (non-hydrogen) atoms. The minimum atomic E-state index is 0. The predicted octanol–water partition coefficient (Wildman–Crippen LogP) is 1.72. The van der Waals surface area contributed by atoms with E-state index in [9.17, 15) is 0 Å². The smallest absolute Gasteiger partial charge is 0.104 e. The maximum atomic E-state index is 4.59. The van der Waals surface area contributed by atoms with Gasteiger partial charge in [-0.2, -0.15) is 0 Å². The molecule has 0 saturated carbocycles. The fourth-order valence-corrected chi connectivity index (χ4v) is 1.87. The van der Waals surface area contributed by atoms with E-state index in [1.165, 1.54) is 5.56 Å². The van der Waals surface area contributed by atoms with Gasteiger partial charge < -0.3 is 64.8 Å². The zero-order valence-electron chi connectivity index (χ0n) is 13.0. The van der Waals surface area contributed by atoms with Crippen molar-refractivity contribution in [3.63, 3.8) is 0 Å². The third-order valence-corrected chi connectivity index (χ3v) is 2.74. The first-order chi connectivity index (χ1) is 9.70. The number of thiocarbonyl (C=S) groups is 2. The van der Waals surface area contributed by atoms with Crippen LogP contribution in [0.15, 0.2) is 30.3 Å². The van der Waals surface area contributed by atoms with Crippen molar-refractivity contribution in [2.75, 3.05) is 34.2 Å². The number of nitrogens with zero attached hydrogens (tertiary/aromatic N) is 1.